The monoisotopic (exact) mass is 291 g/mol. The smallest absolute Gasteiger partial charge is 0.238 e. The Bertz CT molecular complexity index is 628. The van der Waals surface area contributed by atoms with E-state index in [4.69, 9.17) is 11.6 Å². The van der Waals surface area contributed by atoms with Gasteiger partial charge in [-0.3, -0.25) is 9.78 Å². The molecule has 2 aromatic rings. The molecule has 5 heteroatoms. The number of carbonyl (C=O) groups excluding carboxylic acids is 1. The first-order valence-electron chi connectivity index (χ1n) is 6.68. The van der Waals surface area contributed by atoms with E-state index < -0.39 is 0 Å². The molecular weight excluding hydrogens is 274 g/mol. The Morgan fingerprint density at radius 3 is 3.00 bits per heavy atom. The second-order valence-corrected chi connectivity index (χ2v) is 5.08. The molecule has 1 heterocycles. The summed E-state index contributed by atoms with van der Waals surface area (Å²) in [5.74, 6) is -0.102. The maximum absolute atomic E-state index is 11.9. The minimum atomic E-state index is -0.102. The number of rotatable bonds is 5. The van der Waals surface area contributed by atoms with E-state index in [1.54, 1.807) is 6.20 Å². The summed E-state index contributed by atoms with van der Waals surface area (Å²) in [5.41, 5.74) is 2.48. The van der Waals surface area contributed by atoms with Crippen molar-refractivity contribution < 1.29 is 4.79 Å². The highest BCUT2D eigenvalue weighted by Gasteiger charge is 2.12. The molecule has 0 unspecified atom stereocenters. The highest BCUT2D eigenvalue weighted by molar-refractivity contribution is 6.35. The number of aromatic nitrogens is 1. The molecule has 2 N–H and O–H groups in total. The van der Waals surface area contributed by atoms with E-state index in [1.807, 2.05) is 25.1 Å². The Balaban J connectivity index is 2.27. The summed E-state index contributed by atoms with van der Waals surface area (Å²) in [6, 6.07) is 5.57. The van der Waals surface area contributed by atoms with Crippen LogP contribution in [0.25, 0.3) is 10.9 Å². The summed E-state index contributed by atoms with van der Waals surface area (Å²) in [6.07, 6.45) is 2.73. The molecule has 0 radical (unpaired) electrons. The fraction of sp³-hybridized carbons (Fsp3) is 0.333. The number of amides is 1. The number of hydrogen-bond donors (Lipinski definition) is 2. The van der Waals surface area contributed by atoms with Crippen LogP contribution < -0.4 is 10.6 Å². The Hall–Kier alpha value is -1.65. The van der Waals surface area contributed by atoms with Gasteiger partial charge in [0.25, 0.3) is 0 Å². The van der Waals surface area contributed by atoms with Gasteiger partial charge in [-0.05, 0) is 43.7 Å². The van der Waals surface area contributed by atoms with Gasteiger partial charge in [-0.2, -0.15) is 0 Å². The van der Waals surface area contributed by atoms with E-state index in [-0.39, 0.29) is 12.5 Å². The predicted octanol–water partition coefficient (Wildman–Crippen LogP) is 3.13. The molecule has 0 saturated heterocycles. The third-order valence-electron chi connectivity index (χ3n) is 3.01. The molecule has 106 valence electrons. The number of benzene rings is 1. The van der Waals surface area contributed by atoms with Gasteiger partial charge in [0.05, 0.1) is 22.8 Å². The van der Waals surface area contributed by atoms with Crippen molar-refractivity contribution in [2.24, 2.45) is 0 Å². The topological polar surface area (TPSA) is 54.0 Å². The van der Waals surface area contributed by atoms with Gasteiger partial charge in [0.1, 0.15) is 0 Å². The Labute approximate surface area is 123 Å². The molecule has 0 saturated carbocycles. The van der Waals surface area contributed by atoms with Crippen molar-refractivity contribution in [2.45, 2.75) is 20.3 Å². The lowest BCUT2D eigenvalue weighted by atomic mass is 10.1. The highest BCUT2D eigenvalue weighted by atomic mass is 35.5. The standard InChI is InChI=1S/C15H18ClN3O/c1-3-6-17-9-13(20)19-15-11-5-4-7-18-14(11)10(2)8-12(15)16/h4-5,7-8,17H,3,6,9H2,1-2H3,(H,19,20). The molecule has 1 amide bonds. The number of pyridine rings is 1. The van der Waals surface area contributed by atoms with Crippen molar-refractivity contribution in [1.29, 1.82) is 0 Å². The number of nitrogens with one attached hydrogen (secondary N) is 2. The summed E-state index contributed by atoms with van der Waals surface area (Å²) in [4.78, 5) is 16.3. The van der Waals surface area contributed by atoms with E-state index in [0.717, 1.165) is 29.4 Å². The maximum atomic E-state index is 11.9. The molecule has 0 aliphatic carbocycles. The lowest BCUT2D eigenvalue weighted by Gasteiger charge is -2.12. The maximum Gasteiger partial charge on any atom is 0.238 e. The zero-order chi connectivity index (χ0) is 14.5. The molecule has 0 bridgehead atoms. The van der Waals surface area contributed by atoms with Crippen molar-refractivity contribution in [3.05, 3.63) is 35.0 Å². The molecule has 0 spiro atoms. The van der Waals surface area contributed by atoms with Gasteiger partial charge in [-0.1, -0.05) is 18.5 Å². The first kappa shape index (κ1) is 14.8. The Morgan fingerprint density at radius 1 is 1.45 bits per heavy atom. The van der Waals surface area contributed by atoms with Crippen LogP contribution in [-0.4, -0.2) is 24.0 Å². The molecule has 0 fully saturated rings. The van der Waals surface area contributed by atoms with Gasteiger partial charge >= 0.3 is 0 Å². The van der Waals surface area contributed by atoms with Crippen molar-refractivity contribution in [1.82, 2.24) is 10.3 Å². The molecular formula is C15H18ClN3O. The van der Waals surface area contributed by atoms with Crippen LogP contribution in [0.3, 0.4) is 0 Å². The van der Waals surface area contributed by atoms with Crippen LogP contribution in [0, 0.1) is 6.92 Å². The van der Waals surface area contributed by atoms with E-state index in [9.17, 15) is 4.79 Å². The van der Waals surface area contributed by atoms with Crippen LogP contribution in [0.1, 0.15) is 18.9 Å². The zero-order valence-corrected chi connectivity index (χ0v) is 12.4. The van der Waals surface area contributed by atoms with E-state index in [1.165, 1.54) is 0 Å². The Morgan fingerprint density at radius 2 is 2.25 bits per heavy atom. The van der Waals surface area contributed by atoms with Crippen LogP contribution in [-0.2, 0) is 4.79 Å². The molecule has 20 heavy (non-hydrogen) atoms. The molecule has 0 atom stereocenters. The average molecular weight is 292 g/mol. The third-order valence-corrected chi connectivity index (χ3v) is 3.31. The predicted molar refractivity (Wildman–Crippen MR) is 83.3 cm³/mol. The minimum absolute atomic E-state index is 0.102. The van der Waals surface area contributed by atoms with Gasteiger partial charge in [0.2, 0.25) is 5.91 Å². The van der Waals surface area contributed by atoms with Gasteiger partial charge < -0.3 is 10.6 Å². The quantitative estimate of drug-likeness (QED) is 0.832. The van der Waals surface area contributed by atoms with E-state index >= 15 is 0 Å². The number of halogens is 1. The zero-order valence-electron chi connectivity index (χ0n) is 11.7. The van der Waals surface area contributed by atoms with Crippen molar-refractivity contribution in [3.8, 4) is 0 Å². The van der Waals surface area contributed by atoms with Gasteiger partial charge in [-0.15, -0.1) is 0 Å². The molecule has 4 nitrogen and oxygen atoms in total. The number of anilines is 1. The summed E-state index contributed by atoms with van der Waals surface area (Å²) in [5, 5.41) is 7.33. The van der Waals surface area contributed by atoms with Crippen LogP contribution in [0.4, 0.5) is 5.69 Å². The summed E-state index contributed by atoms with van der Waals surface area (Å²) in [7, 11) is 0. The molecule has 2 rings (SSSR count). The largest absolute Gasteiger partial charge is 0.323 e. The normalized spacial score (nSPS) is 10.8. The number of fused-ring (bicyclic) bond motifs is 1. The summed E-state index contributed by atoms with van der Waals surface area (Å²) in [6.45, 7) is 5.10. The Kier molecular flexibility index (Phi) is 4.93. The average Bonchev–Trinajstić information content (AvgIpc) is 2.44. The first-order valence-corrected chi connectivity index (χ1v) is 7.05. The van der Waals surface area contributed by atoms with E-state index in [0.29, 0.717) is 10.7 Å². The van der Waals surface area contributed by atoms with Crippen molar-refractivity contribution in [2.75, 3.05) is 18.4 Å². The van der Waals surface area contributed by atoms with Crippen molar-refractivity contribution in [3.63, 3.8) is 0 Å². The highest BCUT2D eigenvalue weighted by Crippen LogP contribution is 2.32. The van der Waals surface area contributed by atoms with Crippen LogP contribution in [0.5, 0.6) is 0 Å². The van der Waals surface area contributed by atoms with Gasteiger partial charge in [0.15, 0.2) is 0 Å². The lowest BCUT2D eigenvalue weighted by molar-refractivity contribution is -0.115. The van der Waals surface area contributed by atoms with E-state index in [2.05, 4.69) is 22.5 Å². The van der Waals surface area contributed by atoms with Gasteiger partial charge in [0, 0.05) is 11.6 Å². The summed E-state index contributed by atoms with van der Waals surface area (Å²) < 4.78 is 0. The second kappa shape index (κ2) is 6.68. The van der Waals surface area contributed by atoms with Crippen LogP contribution in [0.15, 0.2) is 24.4 Å². The molecule has 1 aromatic heterocycles. The fourth-order valence-corrected chi connectivity index (χ4v) is 2.38. The van der Waals surface area contributed by atoms with Gasteiger partial charge in [-0.25, -0.2) is 0 Å². The van der Waals surface area contributed by atoms with Crippen molar-refractivity contribution >= 4 is 34.1 Å². The first-order chi connectivity index (χ1) is 9.63. The molecule has 0 aliphatic heterocycles. The number of aryl methyl sites for hydroxylation is 1. The van der Waals surface area contributed by atoms with Crippen LogP contribution in [0.2, 0.25) is 5.02 Å². The minimum Gasteiger partial charge on any atom is -0.323 e. The summed E-state index contributed by atoms with van der Waals surface area (Å²) >= 11 is 6.25. The number of hydrogen-bond acceptors (Lipinski definition) is 3. The third kappa shape index (κ3) is 3.26. The molecule has 1 aromatic carbocycles. The number of carbonyl (C=O) groups is 1. The number of nitrogens with zero attached hydrogens (tertiary/aromatic N) is 1. The lowest BCUT2D eigenvalue weighted by Crippen LogP contribution is -2.28. The molecule has 0 aliphatic rings. The SMILES string of the molecule is CCCNCC(=O)Nc1c(Cl)cc(C)c2ncccc12. The fourth-order valence-electron chi connectivity index (χ4n) is 2.07. The van der Waals surface area contributed by atoms with Crippen LogP contribution >= 0.6 is 11.6 Å². The second-order valence-electron chi connectivity index (χ2n) is 4.67.